The van der Waals surface area contributed by atoms with Crippen LogP contribution in [-0.4, -0.2) is 17.4 Å². The van der Waals surface area contributed by atoms with Gasteiger partial charge in [-0.25, -0.2) is 0 Å². The number of hydrogen-bond donors (Lipinski definition) is 0. The lowest BCUT2D eigenvalue weighted by Crippen LogP contribution is -2.31. The van der Waals surface area contributed by atoms with Crippen molar-refractivity contribution in [3.8, 4) is 0 Å². The van der Waals surface area contributed by atoms with E-state index in [4.69, 9.17) is 0 Å². The van der Waals surface area contributed by atoms with Crippen LogP contribution in [0.3, 0.4) is 0 Å². The zero-order chi connectivity index (χ0) is 7.40. The summed E-state index contributed by atoms with van der Waals surface area (Å²) in [4.78, 5) is 12.9. The van der Waals surface area contributed by atoms with Gasteiger partial charge < -0.3 is 4.90 Å². The monoisotopic (exact) mass is 140 g/mol. The standard InChI is InChI=1S/C8H14NO/c1-2-8(10)9-6-4-3-5-7-9/h6H,2-5,7H2,1H3. The van der Waals surface area contributed by atoms with Crippen LogP contribution < -0.4 is 0 Å². The van der Waals surface area contributed by atoms with Gasteiger partial charge in [-0.15, -0.1) is 0 Å². The lowest BCUT2D eigenvalue weighted by Gasteiger charge is -2.25. The van der Waals surface area contributed by atoms with Gasteiger partial charge in [0.2, 0.25) is 5.91 Å². The summed E-state index contributed by atoms with van der Waals surface area (Å²) in [7, 11) is 0. The van der Waals surface area contributed by atoms with E-state index in [-0.39, 0.29) is 5.91 Å². The third-order valence-corrected chi connectivity index (χ3v) is 1.83. The Morgan fingerprint density at radius 2 is 2.40 bits per heavy atom. The highest BCUT2D eigenvalue weighted by atomic mass is 16.2. The largest absolute Gasteiger partial charge is 0.338 e. The van der Waals surface area contributed by atoms with E-state index in [1.807, 2.05) is 18.4 Å². The molecule has 1 fully saturated rings. The fourth-order valence-corrected chi connectivity index (χ4v) is 1.19. The molecule has 1 aliphatic heterocycles. The van der Waals surface area contributed by atoms with Crippen molar-refractivity contribution in [2.45, 2.75) is 32.6 Å². The second-order valence-corrected chi connectivity index (χ2v) is 2.62. The van der Waals surface area contributed by atoms with Crippen LogP contribution in [0.1, 0.15) is 32.6 Å². The minimum atomic E-state index is 0.264. The minimum absolute atomic E-state index is 0.264. The fourth-order valence-electron chi connectivity index (χ4n) is 1.19. The van der Waals surface area contributed by atoms with Crippen molar-refractivity contribution in [3.05, 3.63) is 6.54 Å². The first-order chi connectivity index (χ1) is 4.84. The summed E-state index contributed by atoms with van der Waals surface area (Å²) in [5.41, 5.74) is 0. The normalized spacial score (nSPS) is 19.1. The quantitative estimate of drug-likeness (QED) is 0.541. The van der Waals surface area contributed by atoms with Crippen molar-refractivity contribution in [2.24, 2.45) is 0 Å². The molecule has 1 heterocycles. The van der Waals surface area contributed by atoms with Crippen LogP contribution >= 0.6 is 0 Å². The molecule has 0 aliphatic carbocycles. The summed E-state index contributed by atoms with van der Waals surface area (Å²) in [5.74, 6) is 0.264. The Morgan fingerprint density at radius 3 is 2.90 bits per heavy atom. The van der Waals surface area contributed by atoms with Crippen LogP contribution in [0.15, 0.2) is 0 Å². The molecule has 1 rings (SSSR count). The molecule has 0 bridgehead atoms. The first-order valence-corrected chi connectivity index (χ1v) is 3.97. The average molecular weight is 140 g/mol. The molecule has 2 nitrogen and oxygen atoms in total. The van der Waals surface area contributed by atoms with Crippen molar-refractivity contribution >= 4 is 5.91 Å². The summed E-state index contributed by atoms with van der Waals surface area (Å²) >= 11 is 0. The third kappa shape index (κ3) is 1.72. The van der Waals surface area contributed by atoms with Gasteiger partial charge in [0.25, 0.3) is 0 Å². The molecule has 0 aromatic carbocycles. The number of carbonyl (C=O) groups excluding carboxylic acids is 1. The zero-order valence-corrected chi connectivity index (χ0v) is 6.47. The number of piperidine rings is 1. The van der Waals surface area contributed by atoms with Gasteiger partial charge in [-0.05, 0) is 19.3 Å². The Kier molecular flexibility index (Phi) is 2.72. The Morgan fingerprint density at radius 1 is 1.60 bits per heavy atom. The average Bonchev–Trinajstić information content (AvgIpc) is 2.05. The molecule has 0 saturated carbocycles. The Labute approximate surface area is 62.2 Å². The van der Waals surface area contributed by atoms with E-state index < -0.39 is 0 Å². The van der Waals surface area contributed by atoms with E-state index in [2.05, 4.69) is 0 Å². The Balaban J connectivity index is 2.31. The van der Waals surface area contributed by atoms with Gasteiger partial charge in [0.05, 0.1) is 6.54 Å². The number of rotatable bonds is 1. The molecule has 1 radical (unpaired) electrons. The van der Waals surface area contributed by atoms with E-state index in [0.29, 0.717) is 6.42 Å². The molecule has 1 saturated heterocycles. The number of amides is 1. The highest BCUT2D eigenvalue weighted by Gasteiger charge is 2.13. The topological polar surface area (TPSA) is 20.3 Å². The molecule has 0 unspecified atom stereocenters. The second-order valence-electron chi connectivity index (χ2n) is 2.62. The molecule has 0 spiro atoms. The first-order valence-electron chi connectivity index (χ1n) is 3.97. The van der Waals surface area contributed by atoms with Crippen LogP contribution in [0.2, 0.25) is 0 Å². The van der Waals surface area contributed by atoms with Gasteiger partial charge in [0.1, 0.15) is 0 Å². The predicted molar refractivity (Wildman–Crippen MR) is 40.2 cm³/mol. The number of hydrogen-bond acceptors (Lipinski definition) is 1. The Bertz CT molecular complexity index is 116. The van der Waals surface area contributed by atoms with Gasteiger partial charge in [0, 0.05) is 13.0 Å². The van der Waals surface area contributed by atoms with E-state index in [1.54, 1.807) is 0 Å². The lowest BCUT2D eigenvalue weighted by atomic mass is 10.1. The number of carbonyl (C=O) groups is 1. The minimum Gasteiger partial charge on any atom is -0.338 e. The van der Waals surface area contributed by atoms with Gasteiger partial charge >= 0.3 is 0 Å². The highest BCUT2D eigenvalue weighted by Crippen LogP contribution is 2.12. The molecule has 2 heteroatoms. The highest BCUT2D eigenvalue weighted by molar-refractivity contribution is 5.76. The summed E-state index contributed by atoms with van der Waals surface area (Å²) in [6.07, 6.45) is 4.12. The van der Waals surface area contributed by atoms with Gasteiger partial charge in [0.15, 0.2) is 0 Å². The van der Waals surface area contributed by atoms with Crippen molar-refractivity contribution in [1.82, 2.24) is 4.90 Å². The molecule has 1 aliphatic rings. The lowest BCUT2D eigenvalue weighted by molar-refractivity contribution is -0.129. The van der Waals surface area contributed by atoms with Crippen LogP contribution in [-0.2, 0) is 4.79 Å². The summed E-state index contributed by atoms with van der Waals surface area (Å²) in [6, 6.07) is 0. The molecule has 0 aromatic rings. The van der Waals surface area contributed by atoms with Crippen LogP contribution in [0, 0.1) is 6.54 Å². The molecule has 0 atom stereocenters. The maximum Gasteiger partial charge on any atom is 0.222 e. The summed E-state index contributed by atoms with van der Waals surface area (Å²) in [5, 5.41) is 0. The predicted octanol–water partition coefficient (Wildman–Crippen LogP) is 1.57. The molecule has 10 heavy (non-hydrogen) atoms. The number of likely N-dealkylation sites (tertiary alicyclic amines) is 1. The number of nitrogens with zero attached hydrogens (tertiary/aromatic N) is 1. The van der Waals surface area contributed by atoms with Crippen molar-refractivity contribution in [1.29, 1.82) is 0 Å². The Hall–Kier alpha value is -0.530. The van der Waals surface area contributed by atoms with Crippen LogP contribution in [0.5, 0.6) is 0 Å². The molecule has 0 aromatic heterocycles. The second kappa shape index (κ2) is 3.59. The molecular formula is C8H14NO. The smallest absolute Gasteiger partial charge is 0.222 e. The van der Waals surface area contributed by atoms with Crippen LogP contribution in [0.25, 0.3) is 0 Å². The van der Waals surface area contributed by atoms with E-state index >= 15 is 0 Å². The van der Waals surface area contributed by atoms with Gasteiger partial charge in [-0.1, -0.05) is 6.92 Å². The maximum absolute atomic E-state index is 11.1. The van der Waals surface area contributed by atoms with Gasteiger partial charge in [-0.2, -0.15) is 0 Å². The van der Waals surface area contributed by atoms with Gasteiger partial charge in [-0.3, -0.25) is 4.79 Å². The first kappa shape index (κ1) is 7.58. The summed E-state index contributed by atoms with van der Waals surface area (Å²) in [6.45, 7) is 4.87. The van der Waals surface area contributed by atoms with E-state index in [9.17, 15) is 4.79 Å². The van der Waals surface area contributed by atoms with E-state index in [1.165, 1.54) is 12.8 Å². The molecule has 57 valence electrons. The zero-order valence-electron chi connectivity index (χ0n) is 6.47. The van der Waals surface area contributed by atoms with Crippen molar-refractivity contribution < 1.29 is 4.79 Å². The maximum atomic E-state index is 11.1. The van der Waals surface area contributed by atoms with Crippen molar-refractivity contribution in [3.63, 3.8) is 0 Å². The fraction of sp³-hybridized carbons (Fsp3) is 0.750. The summed E-state index contributed by atoms with van der Waals surface area (Å²) < 4.78 is 0. The SMILES string of the molecule is CCC(=O)N1[CH]CCCC1. The van der Waals surface area contributed by atoms with Crippen molar-refractivity contribution in [2.75, 3.05) is 6.54 Å². The molecular weight excluding hydrogens is 126 g/mol. The molecule has 1 amide bonds. The third-order valence-electron chi connectivity index (χ3n) is 1.83. The molecule has 0 N–H and O–H groups in total. The van der Waals surface area contributed by atoms with E-state index in [0.717, 1.165) is 13.0 Å². The van der Waals surface area contributed by atoms with Crippen LogP contribution in [0.4, 0.5) is 0 Å².